The summed E-state index contributed by atoms with van der Waals surface area (Å²) in [5, 5.41) is 7.84. The highest BCUT2D eigenvalue weighted by Gasteiger charge is 2.34. The summed E-state index contributed by atoms with van der Waals surface area (Å²) in [5.74, 6) is 1.07. The average molecular weight is 349 g/mol. The van der Waals surface area contributed by atoms with Gasteiger partial charge in [-0.15, -0.1) is 0 Å². The van der Waals surface area contributed by atoms with Crippen molar-refractivity contribution >= 4 is 5.91 Å². The Bertz CT molecular complexity index is 921. The summed E-state index contributed by atoms with van der Waals surface area (Å²) in [6, 6.07) is 11.9. The number of amides is 1. The molecule has 0 bridgehead atoms. The number of aryl methyl sites for hydroxylation is 1. The Morgan fingerprint density at radius 3 is 2.81 bits per heavy atom. The number of benzene rings is 1. The number of rotatable bonds is 6. The summed E-state index contributed by atoms with van der Waals surface area (Å²) in [6.45, 7) is 4.52. The highest BCUT2D eigenvalue weighted by atomic mass is 16.3. The molecular weight excluding hydrogens is 326 g/mol. The molecule has 0 atom stereocenters. The van der Waals surface area contributed by atoms with Crippen molar-refractivity contribution in [2.45, 2.75) is 45.6 Å². The molecule has 0 spiro atoms. The van der Waals surface area contributed by atoms with Gasteiger partial charge in [-0.25, -0.2) is 4.68 Å². The van der Waals surface area contributed by atoms with E-state index in [0.717, 1.165) is 47.7 Å². The lowest BCUT2D eigenvalue weighted by molar-refractivity contribution is 0.0946. The summed E-state index contributed by atoms with van der Waals surface area (Å²) in [4.78, 5) is 13.0. The third kappa shape index (κ3) is 3.17. The fourth-order valence-electron chi connectivity index (χ4n) is 3.33. The van der Waals surface area contributed by atoms with E-state index in [2.05, 4.69) is 31.3 Å². The van der Waals surface area contributed by atoms with Gasteiger partial charge in [-0.1, -0.05) is 19.1 Å². The standard InChI is InChI=1S/C21H23N3O2/c1-3-18-19(21(25)22-13-17-8-5-11-26-17)20(15-9-10-15)23-24(18)16-7-4-6-14(2)12-16/h4-8,11-12,15H,3,9-10,13H2,1-2H3,(H,22,25). The van der Waals surface area contributed by atoms with E-state index in [0.29, 0.717) is 12.5 Å². The van der Waals surface area contributed by atoms with Gasteiger partial charge in [-0.05, 0) is 56.0 Å². The van der Waals surface area contributed by atoms with Crippen molar-refractivity contribution in [3.8, 4) is 5.69 Å². The van der Waals surface area contributed by atoms with Crippen LogP contribution in [0.25, 0.3) is 5.69 Å². The number of hydrogen-bond donors (Lipinski definition) is 1. The normalized spacial score (nSPS) is 13.8. The zero-order valence-electron chi connectivity index (χ0n) is 15.2. The van der Waals surface area contributed by atoms with E-state index in [1.807, 2.05) is 28.9 Å². The largest absolute Gasteiger partial charge is 0.467 e. The molecule has 0 aliphatic heterocycles. The number of hydrogen-bond acceptors (Lipinski definition) is 3. The molecule has 1 aliphatic rings. The van der Waals surface area contributed by atoms with E-state index in [1.165, 1.54) is 5.56 Å². The van der Waals surface area contributed by atoms with Crippen molar-refractivity contribution < 1.29 is 9.21 Å². The maximum Gasteiger partial charge on any atom is 0.255 e. The monoisotopic (exact) mass is 349 g/mol. The van der Waals surface area contributed by atoms with Crippen LogP contribution in [0.4, 0.5) is 0 Å². The smallest absolute Gasteiger partial charge is 0.255 e. The van der Waals surface area contributed by atoms with Gasteiger partial charge in [0, 0.05) is 5.92 Å². The van der Waals surface area contributed by atoms with Gasteiger partial charge < -0.3 is 9.73 Å². The maximum atomic E-state index is 13.0. The average Bonchev–Trinajstić information content (AvgIpc) is 3.21. The molecule has 134 valence electrons. The molecule has 5 nitrogen and oxygen atoms in total. The molecule has 1 fully saturated rings. The first-order valence-electron chi connectivity index (χ1n) is 9.16. The van der Waals surface area contributed by atoms with Gasteiger partial charge in [-0.3, -0.25) is 4.79 Å². The van der Waals surface area contributed by atoms with Crippen LogP contribution in [0.2, 0.25) is 0 Å². The lowest BCUT2D eigenvalue weighted by atomic mass is 10.1. The molecule has 4 rings (SSSR count). The van der Waals surface area contributed by atoms with Gasteiger partial charge in [-0.2, -0.15) is 5.10 Å². The Labute approximate surface area is 153 Å². The molecule has 5 heteroatoms. The highest BCUT2D eigenvalue weighted by Crippen LogP contribution is 2.42. The molecule has 1 N–H and O–H groups in total. The van der Waals surface area contributed by atoms with Crippen LogP contribution < -0.4 is 5.32 Å². The summed E-state index contributed by atoms with van der Waals surface area (Å²) in [6.07, 6.45) is 4.57. The predicted molar refractivity (Wildman–Crippen MR) is 99.5 cm³/mol. The van der Waals surface area contributed by atoms with E-state index in [4.69, 9.17) is 9.52 Å². The van der Waals surface area contributed by atoms with E-state index >= 15 is 0 Å². The number of aromatic nitrogens is 2. The number of carbonyl (C=O) groups is 1. The topological polar surface area (TPSA) is 60.1 Å². The van der Waals surface area contributed by atoms with Crippen molar-refractivity contribution in [2.75, 3.05) is 0 Å². The summed E-state index contributed by atoms with van der Waals surface area (Å²) < 4.78 is 7.27. The Balaban J connectivity index is 1.71. The Morgan fingerprint density at radius 2 is 2.15 bits per heavy atom. The Kier molecular flexibility index (Phi) is 4.37. The number of furan rings is 1. The van der Waals surface area contributed by atoms with Crippen LogP contribution in [0.1, 0.15) is 58.8 Å². The van der Waals surface area contributed by atoms with Crippen molar-refractivity contribution in [1.29, 1.82) is 0 Å². The van der Waals surface area contributed by atoms with Crippen LogP contribution in [0, 0.1) is 6.92 Å². The first-order valence-corrected chi connectivity index (χ1v) is 9.16. The fraction of sp³-hybridized carbons (Fsp3) is 0.333. The summed E-state index contributed by atoms with van der Waals surface area (Å²) in [5.41, 5.74) is 4.82. The SMILES string of the molecule is CCc1c(C(=O)NCc2ccco2)c(C2CC2)nn1-c1cccc(C)c1. The third-order valence-corrected chi connectivity index (χ3v) is 4.78. The highest BCUT2D eigenvalue weighted by molar-refractivity contribution is 5.97. The van der Waals surface area contributed by atoms with Gasteiger partial charge in [0.15, 0.2) is 0 Å². The lowest BCUT2D eigenvalue weighted by Gasteiger charge is -2.09. The quantitative estimate of drug-likeness (QED) is 0.727. The molecule has 1 aromatic carbocycles. The van der Waals surface area contributed by atoms with Gasteiger partial charge in [0.05, 0.1) is 35.4 Å². The second-order valence-corrected chi connectivity index (χ2v) is 6.85. The van der Waals surface area contributed by atoms with Gasteiger partial charge in [0.25, 0.3) is 5.91 Å². The maximum absolute atomic E-state index is 13.0. The molecule has 2 aromatic heterocycles. The molecule has 26 heavy (non-hydrogen) atoms. The molecule has 0 unspecified atom stereocenters. The van der Waals surface area contributed by atoms with Crippen LogP contribution in [-0.4, -0.2) is 15.7 Å². The summed E-state index contributed by atoms with van der Waals surface area (Å²) >= 11 is 0. The summed E-state index contributed by atoms with van der Waals surface area (Å²) in [7, 11) is 0. The number of carbonyl (C=O) groups excluding carboxylic acids is 1. The van der Waals surface area contributed by atoms with E-state index < -0.39 is 0 Å². The minimum Gasteiger partial charge on any atom is -0.467 e. The second kappa shape index (κ2) is 6.83. The minimum absolute atomic E-state index is 0.0703. The van der Waals surface area contributed by atoms with Crippen LogP contribution >= 0.6 is 0 Å². The molecule has 1 aliphatic carbocycles. The Morgan fingerprint density at radius 1 is 1.31 bits per heavy atom. The molecule has 1 amide bonds. The Hall–Kier alpha value is -2.82. The fourth-order valence-corrected chi connectivity index (χ4v) is 3.33. The van der Waals surface area contributed by atoms with Crippen molar-refractivity contribution in [3.63, 3.8) is 0 Å². The van der Waals surface area contributed by atoms with Crippen LogP contribution in [-0.2, 0) is 13.0 Å². The molecule has 1 saturated carbocycles. The van der Waals surface area contributed by atoms with Crippen LogP contribution in [0.5, 0.6) is 0 Å². The van der Waals surface area contributed by atoms with E-state index in [9.17, 15) is 4.79 Å². The van der Waals surface area contributed by atoms with Crippen molar-refractivity contribution in [2.24, 2.45) is 0 Å². The first kappa shape index (κ1) is 16.6. The molecule has 3 aromatic rings. The molecule has 0 saturated heterocycles. The lowest BCUT2D eigenvalue weighted by Crippen LogP contribution is -2.24. The molecule has 0 radical (unpaired) electrons. The number of nitrogens with one attached hydrogen (secondary N) is 1. The van der Waals surface area contributed by atoms with E-state index in [1.54, 1.807) is 6.26 Å². The molecule has 2 heterocycles. The van der Waals surface area contributed by atoms with Crippen molar-refractivity contribution in [3.05, 3.63) is 70.9 Å². The molecular formula is C21H23N3O2. The van der Waals surface area contributed by atoms with Crippen molar-refractivity contribution in [1.82, 2.24) is 15.1 Å². The van der Waals surface area contributed by atoms with Gasteiger partial charge >= 0.3 is 0 Å². The predicted octanol–water partition coefficient (Wildman–Crippen LogP) is 4.14. The number of nitrogens with zero attached hydrogens (tertiary/aromatic N) is 2. The minimum atomic E-state index is -0.0703. The second-order valence-electron chi connectivity index (χ2n) is 6.85. The van der Waals surface area contributed by atoms with Gasteiger partial charge in [0.1, 0.15) is 5.76 Å². The zero-order valence-corrected chi connectivity index (χ0v) is 15.2. The van der Waals surface area contributed by atoms with E-state index in [-0.39, 0.29) is 5.91 Å². The van der Waals surface area contributed by atoms with Crippen LogP contribution in [0.3, 0.4) is 0 Å². The zero-order chi connectivity index (χ0) is 18.1. The van der Waals surface area contributed by atoms with Gasteiger partial charge in [0.2, 0.25) is 0 Å². The first-order chi connectivity index (χ1) is 12.7. The van der Waals surface area contributed by atoms with Crippen LogP contribution in [0.15, 0.2) is 47.1 Å². The third-order valence-electron chi connectivity index (χ3n) is 4.78.